The summed E-state index contributed by atoms with van der Waals surface area (Å²) in [6, 6.07) is 42.5. The van der Waals surface area contributed by atoms with E-state index in [4.69, 9.17) is 87.5 Å². The van der Waals surface area contributed by atoms with Gasteiger partial charge in [0, 0.05) is 21.4 Å². The molecule has 0 saturated carbocycles. The van der Waals surface area contributed by atoms with E-state index < -0.39 is 113 Å². The quantitative estimate of drug-likeness (QED) is 0.0266. The number of hydrogen-bond acceptors (Lipinski definition) is 12. The molecule has 6 atom stereocenters. The third-order valence-corrected chi connectivity index (χ3v) is 14.4. The fraction of sp³-hybridized carbons (Fsp3) is 0.242. The van der Waals surface area contributed by atoms with Crippen molar-refractivity contribution in [3.63, 3.8) is 0 Å². The van der Waals surface area contributed by atoms with Crippen molar-refractivity contribution in [1.29, 1.82) is 5.41 Å². The van der Waals surface area contributed by atoms with Gasteiger partial charge in [0.15, 0.2) is 18.3 Å². The van der Waals surface area contributed by atoms with Gasteiger partial charge >= 0.3 is 36.8 Å². The van der Waals surface area contributed by atoms with Gasteiger partial charge in [-0.1, -0.05) is 155 Å². The van der Waals surface area contributed by atoms with Crippen LogP contribution in [0.5, 0.6) is 0 Å². The summed E-state index contributed by atoms with van der Waals surface area (Å²) < 4.78 is 141. The lowest BCUT2D eigenvalue weighted by Gasteiger charge is -2.26. The number of alkyl carbamates (subject to hydrolysis) is 1. The molecule has 4 N–H and O–H groups in total. The standard InChI is InChI=1S/C24H19ClF3NO3.C17H13ClF3NO3.C12H10F3NO4.C9H8Cl3NO/c25-19-9-11-20(12-10-19)29-22(17-7-4-8-18(13-17)24(26,27)28)21(32-23(29)30)15-31-14-16-5-2-1-3-6-16;18-12-4-6-13(7-5-12)22-15(14(9-23)25-16(22)24)10-2-1-3-11(8-10)17(19,20)21;13-12(14,15)7-3-1-2-6(4-7)9-10(8(18)5-17)20-11(19)16-9;10-9(11,12)8(13)14-6-7-4-2-1-3-5-7/h1-13,21-22H,14-15H2;1-8,14-15,23H,9H2;1-4,9-10,17H,5H2,(H,16,19);1-5,13H,6H2/t21-,22-;14-,15-;9-,10-;/m000./s1. The molecule has 0 aromatic heterocycles. The van der Waals surface area contributed by atoms with Crippen molar-refractivity contribution in [2.24, 2.45) is 0 Å². The molecule has 29 heteroatoms. The van der Waals surface area contributed by atoms with Gasteiger partial charge in [-0.3, -0.25) is 20.0 Å². The van der Waals surface area contributed by atoms with Crippen LogP contribution in [0.2, 0.25) is 10.0 Å². The van der Waals surface area contributed by atoms with Crippen molar-refractivity contribution in [1.82, 2.24) is 5.32 Å². The third kappa shape index (κ3) is 19.4. The Kier molecular flexibility index (Phi) is 24.1. The van der Waals surface area contributed by atoms with Crippen molar-refractivity contribution >= 4 is 99.3 Å². The van der Waals surface area contributed by atoms with E-state index in [9.17, 15) is 63.8 Å². The first-order chi connectivity index (χ1) is 43.0. The van der Waals surface area contributed by atoms with Crippen molar-refractivity contribution in [2.75, 3.05) is 29.6 Å². The van der Waals surface area contributed by atoms with Crippen molar-refractivity contribution in [2.45, 2.75) is 72.0 Å². The number of halogens is 14. The van der Waals surface area contributed by atoms with Gasteiger partial charge in [0.2, 0.25) is 11.7 Å². The molecule has 0 radical (unpaired) electrons. The number of rotatable bonds is 14. The highest BCUT2D eigenvalue weighted by Gasteiger charge is 2.47. The van der Waals surface area contributed by atoms with Crippen molar-refractivity contribution < 1.29 is 92.6 Å². The second kappa shape index (κ2) is 31.0. The molecule has 3 aliphatic rings. The van der Waals surface area contributed by atoms with Crippen LogP contribution >= 0.6 is 58.0 Å². The fourth-order valence-electron chi connectivity index (χ4n) is 9.19. The molecule has 3 aliphatic heterocycles. The Morgan fingerprint density at radius 1 is 0.538 bits per heavy atom. The Hall–Kier alpha value is -7.81. The SMILES string of the molecule is N=C(OCc1ccccc1)C(Cl)(Cl)Cl.O=C1N[C@@H](c2cccc(C(F)(F)F)c2)[C@H](C(=O)CO)O1.O=C1O[C@@H](CO)[C@H](c2cccc(C(F)(F)F)c2)N1c1ccc(Cl)cc1.O=C1O[C@@H](COCc2ccccc2)[C@H](c2cccc(C(F)(F)F)c2)N1c1ccc(Cl)cc1. The summed E-state index contributed by atoms with van der Waals surface area (Å²) in [7, 11) is 0. The van der Waals surface area contributed by atoms with E-state index in [1.807, 2.05) is 60.7 Å². The summed E-state index contributed by atoms with van der Waals surface area (Å²) in [5.41, 5.74) is 0.799. The molecule has 3 amide bonds. The number of carbonyl (C=O) groups excluding carboxylic acids is 4. The zero-order valence-corrected chi connectivity index (χ0v) is 50.4. The number of aliphatic hydroxyl groups is 2. The molecule has 482 valence electrons. The van der Waals surface area contributed by atoms with Crippen LogP contribution in [0.1, 0.15) is 62.6 Å². The van der Waals surface area contributed by atoms with Gasteiger partial charge in [0.05, 0.1) is 36.5 Å². The van der Waals surface area contributed by atoms with E-state index in [1.54, 1.807) is 54.6 Å². The molecule has 10 rings (SSSR count). The molecular formula is C62H50Cl5F9N4O11. The van der Waals surface area contributed by atoms with E-state index in [1.165, 1.54) is 40.1 Å². The first-order valence-electron chi connectivity index (χ1n) is 26.6. The Bertz CT molecular complexity index is 3610. The van der Waals surface area contributed by atoms with E-state index in [2.05, 4.69) is 10.1 Å². The van der Waals surface area contributed by atoms with Crippen LogP contribution in [0.15, 0.2) is 182 Å². The second-order valence-electron chi connectivity index (χ2n) is 19.7. The number of aliphatic hydroxyl groups excluding tert-OH is 2. The third-order valence-electron chi connectivity index (χ3n) is 13.4. The highest BCUT2D eigenvalue weighted by Crippen LogP contribution is 2.43. The Balaban J connectivity index is 0.000000179. The second-order valence-corrected chi connectivity index (χ2v) is 22.8. The molecule has 3 heterocycles. The number of anilines is 2. The Morgan fingerprint density at radius 2 is 0.945 bits per heavy atom. The summed E-state index contributed by atoms with van der Waals surface area (Å²) in [6.07, 6.45) is -19.0. The lowest BCUT2D eigenvalue weighted by atomic mass is 9.97. The van der Waals surface area contributed by atoms with E-state index >= 15 is 0 Å². The maximum Gasteiger partial charge on any atom is 0.416 e. The average Bonchev–Trinajstić information content (AvgIpc) is 1.68. The minimum absolute atomic E-state index is 0.0195. The number of benzene rings is 7. The van der Waals surface area contributed by atoms with Crippen LogP contribution in [-0.4, -0.2) is 82.1 Å². The zero-order chi connectivity index (χ0) is 66.4. The summed E-state index contributed by atoms with van der Waals surface area (Å²) in [5, 5.41) is 28.7. The average molecular weight is 1380 g/mol. The Morgan fingerprint density at radius 3 is 1.36 bits per heavy atom. The van der Waals surface area contributed by atoms with Crippen LogP contribution in [0.25, 0.3) is 0 Å². The van der Waals surface area contributed by atoms with E-state index in [0.29, 0.717) is 27.0 Å². The summed E-state index contributed by atoms with van der Waals surface area (Å²) in [6.45, 7) is -0.851. The van der Waals surface area contributed by atoms with Gasteiger partial charge in [-0.25, -0.2) is 14.4 Å². The van der Waals surface area contributed by atoms with Crippen LogP contribution in [0.3, 0.4) is 0 Å². The smallest absolute Gasteiger partial charge is 0.416 e. The molecule has 0 bridgehead atoms. The normalized spacial score (nSPS) is 18.8. The number of Topliss-reactive ketones (excluding diaryl/α,β-unsaturated/α-hetero) is 1. The molecule has 7 aromatic rings. The molecule has 0 aliphatic carbocycles. The van der Waals surface area contributed by atoms with Gasteiger partial charge in [0.25, 0.3) is 3.79 Å². The number of nitrogens with zero attached hydrogens (tertiary/aromatic N) is 2. The van der Waals surface area contributed by atoms with Crippen molar-refractivity contribution in [3.05, 3.63) is 237 Å². The maximum atomic E-state index is 13.3. The van der Waals surface area contributed by atoms with Gasteiger partial charge in [0.1, 0.15) is 31.3 Å². The Labute approximate surface area is 538 Å². The molecule has 15 nitrogen and oxygen atoms in total. The summed E-state index contributed by atoms with van der Waals surface area (Å²) >= 11 is 28.1. The van der Waals surface area contributed by atoms with Gasteiger partial charge in [-0.05, 0) is 113 Å². The minimum Gasteiger partial charge on any atom is -0.473 e. The molecule has 0 spiro atoms. The molecule has 3 fully saturated rings. The van der Waals surface area contributed by atoms with Crippen LogP contribution in [0, 0.1) is 5.41 Å². The summed E-state index contributed by atoms with van der Waals surface area (Å²) in [5.74, 6) is -1.16. The highest BCUT2D eigenvalue weighted by molar-refractivity contribution is 6.76. The number of ether oxygens (including phenoxy) is 5. The number of nitrogens with one attached hydrogen (secondary N) is 2. The van der Waals surface area contributed by atoms with Crippen LogP contribution < -0.4 is 15.1 Å². The first kappa shape index (κ1) is 70.6. The molecule has 91 heavy (non-hydrogen) atoms. The number of hydrogen-bond donors (Lipinski definition) is 4. The molecule has 0 unspecified atom stereocenters. The van der Waals surface area contributed by atoms with E-state index in [-0.39, 0.29) is 36.8 Å². The largest absolute Gasteiger partial charge is 0.473 e. The number of carbonyl (C=O) groups is 4. The highest BCUT2D eigenvalue weighted by atomic mass is 35.6. The van der Waals surface area contributed by atoms with Crippen molar-refractivity contribution in [3.8, 4) is 0 Å². The number of alkyl halides is 12. The van der Waals surface area contributed by atoms with Gasteiger partial charge < -0.3 is 39.2 Å². The molecule has 3 saturated heterocycles. The van der Waals surface area contributed by atoms with Gasteiger partial charge in [-0.2, -0.15) is 39.5 Å². The fourth-order valence-corrected chi connectivity index (χ4v) is 9.61. The minimum atomic E-state index is -4.53. The predicted molar refractivity (Wildman–Crippen MR) is 319 cm³/mol. The molecule has 7 aromatic carbocycles. The lowest BCUT2D eigenvalue weighted by molar-refractivity contribution is -0.138. The van der Waals surface area contributed by atoms with Gasteiger partial charge in [-0.15, -0.1) is 0 Å². The van der Waals surface area contributed by atoms with Crippen LogP contribution in [-0.2, 0) is 60.2 Å². The van der Waals surface area contributed by atoms with E-state index in [0.717, 1.165) is 47.5 Å². The zero-order valence-electron chi connectivity index (χ0n) is 46.6. The topological polar surface area (TPSA) is 197 Å². The number of cyclic esters (lactones) is 3. The summed E-state index contributed by atoms with van der Waals surface area (Å²) in [4.78, 5) is 50.1. The predicted octanol–water partition coefficient (Wildman–Crippen LogP) is 16.0. The maximum absolute atomic E-state index is 13.3. The lowest BCUT2D eigenvalue weighted by Crippen LogP contribution is -2.31. The number of amides is 3. The van der Waals surface area contributed by atoms with Crippen LogP contribution in [0.4, 0.5) is 65.3 Å². The number of ketones is 1. The monoisotopic (exact) mass is 1370 g/mol. The molecular weight excluding hydrogens is 1320 g/mol. The first-order valence-corrected chi connectivity index (χ1v) is 28.5.